The van der Waals surface area contributed by atoms with Gasteiger partial charge in [0.1, 0.15) is 5.75 Å². The Morgan fingerprint density at radius 1 is 1.39 bits per heavy atom. The molecule has 0 amide bonds. The van der Waals surface area contributed by atoms with E-state index in [1.54, 1.807) is 6.07 Å². The van der Waals surface area contributed by atoms with Crippen LogP contribution in [0.5, 0.6) is 11.6 Å². The van der Waals surface area contributed by atoms with E-state index in [1.807, 2.05) is 25.2 Å². The average molecular weight is 311 g/mol. The lowest BCUT2D eigenvalue weighted by Gasteiger charge is -2.10. The largest absolute Gasteiger partial charge is 0.436 e. The van der Waals surface area contributed by atoms with Crippen LogP contribution in [0.3, 0.4) is 0 Å². The Balaban J connectivity index is 2.28. The molecule has 1 heterocycles. The molecule has 0 aliphatic heterocycles. The van der Waals surface area contributed by atoms with E-state index >= 15 is 0 Å². The van der Waals surface area contributed by atoms with Crippen molar-refractivity contribution in [3.05, 3.63) is 52.4 Å². The van der Waals surface area contributed by atoms with E-state index in [9.17, 15) is 4.39 Å². The summed E-state index contributed by atoms with van der Waals surface area (Å²) in [6.07, 6.45) is 1.50. The van der Waals surface area contributed by atoms with Gasteiger partial charge >= 0.3 is 0 Å². The Hall–Kier alpha value is -1.46. The predicted molar refractivity (Wildman–Crippen MR) is 71.2 cm³/mol. The summed E-state index contributed by atoms with van der Waals surface area (Å²) in [6, 6.07) is 8.78. The number of nitrogens with zero attached hydrogens (tertiary/aromatic N) is 1. The molecule has 2 rings (SSSR count). The van der Waals surface area contributed by atoms with Crippen LogP contribution in [0.25, 0.3) is 0 Å². The van der Waals surface area contributed by atoms with E-state index in [0.717, 1.165) is 5.56 Å². The number of ether oxygens (including phenoxy) is 1. The van der Waals surface area contributed by atoms with E-state index in [1.165, 1.54) is 12.3 Å². The van der Waals surface area contributed by atoms with Crippen molar-refractivity contribution in [1.82, 2.24) is 10.3 Å². The van der Waals surface area contributed by atoms with Crippen LogP contribution in [0.15, 0.2) is 41.0 Å². The lowest BCUT2D eigenvalue weighted by atomic mass is 10.2. The van der Waals surface area contributed by atoms with Crippen molar-refractivity contribution in [2.24, 2.45) is 0 Å². The van der Waals surface area contributed by atoms with E-state index in [0.29, 0.717) is 16.8 Å². The van der Waals surface area contributed by atoms with Crippen molar-refractivity contribution in [2.75, 3.05) is 7.05 Å². The summed E-state index contributed by atoms with van der Waals surface area (Å²) in [4.78, 5) is 3.91. The molecule has 1 aromatic carbocycles. The van der Waals surface area contributed by atoms with Gasteiger partial charge in [-0.05, 0) is 35.1 Å². The highest BCUT2D eigenvalue weighted by atomic mass is 79.9. The van der Waals surface area contributed by atoms with Gasteiger partial charge in [0.2, 0.25) is 0 Å². The third kappa shape index (κ3) is 3.05. The van der Waals surface area contributed by atoms with E-state index in [-0.39, 0.29) is 5.88 Å². The zero-order chi connectivity index (χ0) is 13.0. The summed E-state index contributed by atoms with van der Waals surface area (Å²) in [5.41, 5.74) is 0.948. The van der Waals surface area contributed by atoms with Crippen LogP contribution in [0, 0.1) is 5.82 Å². The number of aromatic nitrogens is 1. The minimum absolute atomic E-state index is 0.0262. The molecule has 1 N–H and O–H groups in total. The van der Waals surface area contributed by atoms with Crippen LogP contribution < -0.4 is 10.1 Å². The highest BCUT2D eigenvalue weighted by molar-refractivity contribution is 9.10. The van der Waals surface area contributed by atoms with Gasteiger partial charge in [-0.1, -0.05) is 18.2 Å². The molecule has 1 aromatic heterocycles. The van der Waals surface area contributed by atoms with Crippen molar-refractivity contribution >= 4 is 15.9 Å². The van der Waals surface area contributed by atoms with Gasteiger partial charge in [-0.25, -0.2) is 9.37 Å². The van der Waals surface area contributed by atoms with Crippen molar-refractivity contribution in [2.45, 2.75) is 6.54 Å². The molecule has 0 saturated heterocycles. The summed E-state index contributed by atoms with van der Waals surface area (Å²) < 4.78 is 19.7. The molecule has 0 fully saturated rings. The number of hydrogen-bond acceptors (Lipinski definition) is 3. The molecule has 0 unspecified atom stereocenters. The van der Waals surface area contributed by atoms with Gasteiger partial charge in [-0.2, -0.15) is 0 Å². The molecule has 0 bridgehead atoms. The predicted octanol–water partition coefficient (Wildman–Crippen LogP) is 3.49. The number of halogens is 2. The minimum atomic E-state index is -0.497. The monoisotopic (exact) mass is 310 g/mol. The lowest BCUT2D eigenvalue weighted by Crippen LogP contribution is -2.06. The summed E-state index contributed by atoms with van der Waals surface area (Å²) in [5.74, 6) is 0.0750. The third-order valence-corrected chi connectivity index (χ3v) is 2.75. The highest BCUT2D eigenvalue weighted by Crippen LogP contribution is 2.26. The third-order valence-electron chi connectivity index (χ3n) is 2.32. The number of hydrogen-bond donors (Lipinski definition) is 1. The maximum Gasteiger partial charge on any atom is 0.255 e. The smallest absolute Gasteiger partial charge is 0.255 e. The van der Waals surface area contributed by atoms with Gasteiger partial charge in [0, 0.05) is 22.8 Å². The molecule has 0 spiro atoms. The van der Waals surface area contributed by atoms with E-state index in [2.05, 4.69) is 26.2 Å². The first-order valence-electron chi connectivity index (χ1n) is 5.42. The molecule has 2 aromatic rings. The molecule has 0 saturated carbocycles. The summed E-state index contributed by atoms with van der Waals surface area (Å²) >= 11 is 3.15. The van der Waals surface area contributed by atoms with Crippen LogP contribution in [0.2, 0.25) is 0 Å². The SMILES string of the molecule is CNCc1ccccc1Oc1ncc(Br)cc1F. The van der Waals surface area contributed by atoms with Gasteiger partial charge in [0.25, 0.3) is 5.88 Å². The average Bonchev–Trinajstić information content (AvgIpc) is 2.35. The second-order valence-corrected chi connectivity index (χ2v) is 4.60. The van der Waals surface area contributed by atoms with E-state index < -0.39 is 5.82 Å². The lowest BCUT2D eigenvalue weighted by molar-refractivity contribution is 0.417. The Labute approximate surface area is 113 Å². The topological polar surface area (TPSA) is 34.1 Å². The number of para-hydroxylation sites is 1. The van der Waals surface area contributed by atoms with Crippen molar-refractivity contribution in [3.8, 4) is 11.6 Å². The van der Waals surface area contributed by atoms with Gasteiger partial charge in [-0.3, -0.25) is 0 Å². The van der Waals surface area contributed by atoms with Crippen molar-refractivity contribution in [3.63, 3.8) is 0 Å². The second-order valence-electron chi connectivity index (χ2n) is 3.68. The number of nitrogens with one attached hydrogen (secondary N) is 1. The fourth-order valence-corrected chi connectivity index (χ4v) is 1.82. The summed E-state index contributed by atoms with van der Waals surface area (Å²) in [5, 5.41) is 3.03. The van der Waals surface area contributed by atoms with Gasteiger partial charge < -0.3 is 10.1 Å². The van der Waals surface area contributed by atoms with Crippen LogP contribution >= 0.6 is 15.9 Å². The first-order chi connectivity index (χ1) is 8.70. The molecule has 0 atom stereocenters. The molecule has 0 radical (unpaired) electrons. The Bertz CT molecular complexity index is 548. The maximum absolute atomic E-state index is 13.6. The minimum Gasteiger partial charge on any atom is -0.436 e. The number of rotatable bonds is 4. The normalized spacial score (nSPS) is 10.4. The molecule has 3 nitrogen and oxygen atoms in total. The van der Waals surface area contributed by atoms with E-state index in [4.69, 9.17) is 4.74 Å². The summed E-state index contributed by atoms with van der Waals surface area (Å²) in [7, 11) is 1.84. The maximum atomic E-state index is 13.6. The molecule has 5 heteroatoms. The molecular weight excluding hydrogens is 299 g/mol. The quantitative estimate of drug-likeness (QED) is 0.938. The number of benzene rings is 1. The zero-order valence-electron chi connectivity index (χ0n) is 9.78. The number of pyridine rings is 1. The van der Waals surface area contributed by atoms with Gasteiger partial charge in [-0.15, -0.1) is 0 Å². The fraction of sp³-hybridized carbons (Fsp3) is 0.154. The Morgan fingerprint density at radius 3 is 2.89 bits per heavy atom. The first kappa shape index (κ1) is 13.0. The standard InChI is InChI=1S/C13H12BrFN2O/c1-16-7-9-4-2-3-5-12(9)18-13-11(15)6-10(14)8-17-13/h2-6,8,16H,7H2,1H3. The molecular formula is C13H12BrFN2O. The second kappa shape index (κ2) is 5.93. The van der Waals surface area contributed by atoms with Crippen LogP contribution in [0.4, 0.5) is 4.39 Å². The fourth-order valence-electron chi connectivity index (χ4n) is 1.52. The Kier molecular flexibility index (Phi) is 4.28. The molecule has 0 aliphatic carbocycles. The van der Waals surface area contributed by atoms with Crippen molar-refractivity contribution in [1.29, 1.82) is 0 Å². The van der Waals surface area contributed by atoms with Gasteiger partial charge in [0.15, 0.2) is 5.82 Å². The highest BCUT2D eigenvalue weighted by Gasteiger charge is 2.09. The Morgan fingerprint density at radius 2 is 2.17 bits per heavy atom. The van der Waals surface area contributed by atoms with Crippen LogP contribution in [0.1, 0.15) is 5.56 Å². The molecule has 18 heavy (non-hydrogen) atoms. The summed E-state index contributed by atoms with van der Waals surface area (Å²) in [6.45, 7) is 0.647. The van der Waals surface area contributed by atoms with Crippen LogP contribution in [-0.2, 0) is 6.54 Å². The molecule has 94 valence electrons. The van der Waals surface area contributed by atoms with Crippen molar-refractivity contribution < 1.29 is 9.13 Å². The van der Waals surface area contributed by atoms with Gasteiger partial charge in [0.05, 0.1) is 0 Å². The zero-order valence-corrected chi connectivity index (χ0v) is 11.4. The molecule has 0 aliphatic rings. The first-order valence-corrected chi connectivity index (χ1v) is 6.21. The van der Waals surface area contributed by atoms with Crippen LogP contribution in [-0.4, -0.2) is 12.0 Å².